The van der Waals surface area contributed by atoms with E-state index in [0.29, 0.717) is 33.5 Å². The number of rotatable bonds is 5. The molecule has 0 aromatic heterocycles. The molecule has 0 heterocycles. The van der Waals surface area contributed by atoms with Gasteiger partial charge in [-0.05, 0) is 18.2 Å². The van der Waals surface area contributed by atoms with Gasteiger partial charge in [-0.25, -0.2) is 0 Å². The number of hydrogen-bond acceptors (Lipinski definition) is 2. The highest BCUT2D eigenvalue weighted by atomic mass is 79.9. The molecule has 0 saturated carbocycles. The Morgan fingerprint density at radius 3 is 2.30 bits per heavy atom. The van der Waals surface area contributed by atoms with Gasteiger partial charge in [-0.3, -0.25) is 0 Å². The van der Waals surface area contributed by atoms with E-state index in [9.17, 15) is 0 Å². The van der Waals surface area contributed by atoms with Gasteiger partial charge in [0.05, 0.1) is 7.11 Å². The van der Waals surface area contributed by atoms with Crippen LogP contribution in [0.5, 0.6) is 11.5 Å². The van der Waals surface area contributed by atoms with Crippen LogP contribution in [0.15, 0.2) is 36.4 Å². The zero-order valence-electron chi connectivity index (χ0n) is 10.8. The van der Waals surface area contributed by atoms with Crippen molar-refractivity contribution in [3.05, 3.63) is 57.6 Å². The minimum absolute atomic E-state index is 0.291. The van der Waals surface area contributed by atoms with Crippen molar-refractivity contribution in [3.8, 4) is 11.5 Å². The third-order valence-electron chi connectivity index (χ3n) is 2.85. The van der Waals surface area contributed by atoms with E-state index in [1.165, 1.54) is 0 Å². The molecule has 0 aliphatic heterocycles. The van der Waals surface area contributed by atoms with Crippen LogP contribution in [-0.4, -0.2) is 7.11 Å². The highest BCUT2D eigenvalue weighted by Crippen LogP contribution is 2.34. The zero-order chi connectivity index (χ0) is 14.5. The lowest BCUT2D eigenvalue weighted by atomic mass is 10.2. The summed E-state index contributed by atoms with van der Waals surface area (Å²) in [5, 5.41) is 1.86. The summed E-state index contributed by atoms with van der Waals surface area (Å²) in [4.78, 5) is 0. The molecule has 0 aliphatic carbocycles. The minimum Gasteiger partial charge on any atom is -0.493 e. The molecule has 0 radical (unpaired) electrons. The molecule has 2 aromatic rings. The second kappa shape index (κ2) is 7.21. The average Bonchev–Trinajstić information content (AvgIpc) is 2.46. The zero-order valence-corrected chi connectivity index (χ0v) is 13.9. The number of halogens is 3. The van der Waals surface area contributed by atoms with Crippen LogP contribution < -0.4 is 9.47 Å². The van der Waals surface area contributed by atoms with Gasteiger partial charge in [0.2, 0.25) is 0 Å². The van der Waals surface area contributed by atoms with Gasteiger partial charge >= 0.3 is 0 Å². The number of methoxy groups -OCH3 is 1. The van der Waals surface area contributed by atoms with E-state index < -0.39 is 0 Å². The van der Waals surface area contributed by atoms with Crippen LogP contribution in [0.4, 0.5) is 0 Å². The lowest BCUT2D eigenvalue weighted by Crippen LogP contribution is -2.01. The van der Waals surface area contributed by atoms with Crippen molar-refractivity contribution in [3.63, 3.8) is 0 Å². The molecular weight excluding hydrogens is 363 g/mol. The number of para-hydroxylation sites is 1. The Morgan fingerprint density at radius 1 is 1.05 bits per heavy atom. The van der Waals surface area contributed by atoms with Crippen LogP contribution in [0.2, 0.25) is 10.0 Å². The third kappa shape index (κ3) is 3.40. The molecule has 0 bridgehead atoms. The van der Waals surface area contributed by atoms with Crippen molar-refractivity contribution in [1.29, 1.82) is 0 Å². The van der Waals surface area contributed by atoms with E-state index in [1.54, 1.807) is 25.3 Å². The molecule has 0 fully saturated rings. The lowest BCUT2D eigenvalue weighted by molar-refractivity contribution is 0.282. The van der Waals surface area contributed by atoms with Crippen molar-refractivity contribution in [2.75, 3.05) is 7.11 Å². The van der Waals surface area contributed by atoms with Crippen LogP contribution in [-0.2, 0) is 11.9 Å². The quantitative estimate of drug-likeness (QED) is 0.644. The molecule has 0 aliphatic rings. The summed E-state index contributed by atoms with van der Waals surface area (Å²) in [7, 11) is 1.61. The maximum Gasteiger partial charge on any atom is 0.165 e. The maximum absolute atomic E-state index is 6.14. The van der Waals surface area contributed by atoms with E-state index in [2.05, 4.69) is 15.9 Å². The van der Waals surface area contributed by atoms with Gasteiger partial charge in [-0.1, -0.05) is 57.3 Å². The standard InChI is InChI=1S/C15H13BrCl2O2/c1-19-14-7-2-4-10(8-16)15(14)20-9-11-12(17)5-3-6-13(11)18/h2-7H,8-9H2,1H3. The third-order valence-corrected chi connectivity index (χ3v) is 4.16. The van der Waals surface area contributed by atoms with E-state index >= 15 is 0 Å². The minimum atomic E-state index is 0.291. The molecule has 0 amide bonds. The van der Waals surface area contributed by atoms with Gasteiger partial charge in [0.15, 0.2) is 11.5 Å². The van der Waals surface area contributed by atoms with Gasteiger partial charge in [0.25, 0.3) is 0 Å². The SMILES string of the molecule is COc1cccc(CBr)c1OCc1c(Cl)cccc1Cl. The maximum atomic E-state index is 6.14. The van der Waals surface area contributed by atoms with Crippen LogP contribution in [0.3, 0.4) is 0 Å². The molecule has 0 saturated heterocycles. The Labute approximate surface area is 136 Å². The summed E-state index contributed by atoms with van der Waals surface area (Å²) in [6.45, 7) is 0.291. The molecule has 0 atom stereocenters. The van der Waals surface area contributed by atoms with Crippen molar-refractivity contribution >= 4 is 39.1 Å². The molecule has 2 aromatic carbocycles. The van der Waals surface area contributed by atoms with Crippen molar-refractivity contribution in [2.24, 2.45) is 0 Å². The van der Waals surface area contributed by atoms with E-state index in [4.69, 9.17) is 32.7 Å². The van der Waals surface area contributed by atoms with Crippen LogP contribution in [0.25, 0.3) is 0 Å². The highest BCUT2D eigenvalue weighted by molar-refractivity contribution is 9.08. The van der Waals surface area contributed by atoms with Gasteiger partial charge in [-0.2, -0.15) is 0 Å². The van der Waals surface area contributed by atoms with E-state index in [0.717, 1.165) is 11.1 Å². The normalized spacial score (nSPS) is 10.4. The fraction of sp³-hybridized carbons (Fsp3) is 0.200. The predicted octanol–water partition coefficient (Wildman–Crippen LogP) is 5.48. The first-order chi connectivity index (χ1) is 9.67. The monoisotopic (exact) mass is 374 g/mol. The van der Waals surface area contributed by atoms with Crippen molar-refractivity contribution in [2.45, 2.75) is 11.9 Å². The fourth-order valence-electron chi connectivity index (χ4n) is 1.81. The second-order valence-electron chi connectivity index (χ2n) is 4.07. The number of hydrogen-bond donors (Lipinski definition) is 0. The summed E-state index contributed by atoms with van der Waals surface area (Å²) < 4.78 is 11.2. The van der Waals surface area contributed by atoms with Gasteiger partial charge in [0.1, 0.15) is 6.61 Å². The summed E-state index contributed by atoms with van der Waals surface area (Å²) in [5.41, 5.74) is 1.77. The van der Waals surface area contributed by atoms with Crippen molar-refractivity contribution < 1.29 is 9.47 Å². The first-order valence-corrected chi connectivity index (χ1v) is 7.82. The molecule has 2 rings (SSSR count). The Bertz CT molecular complexity index is 560. The van der Waals surface area contributed by atoms with E-state index in [-0.39, 0.29) is 0 Å². The summed E-state index contributed by atoms with van der Waals surface area (Å²) in [6, 6.07) is 11.1. The number of alkyl halides is 1. The Hall–Kier alpha value is -0.900. The molecule has 0 N–H and O–H groups in total. The molecule has 20 heavy (non-hydrogen) atoms. The summed E-state index contributed by atoms with van der Waals surface area (Å²) in [5.74, 6) is 1.38. The predicted molar refractivity (Wildman–Crippen MR) is 86.4 cm³/mol. The molecule has 0 spiro atoms. The molecule has 0 unspecified atom stereocenters. The highest BCUT2D eigenvalue weighted by Gasteiger charge is 2.12. The molecule has 5 heteroatoms. The summed E-state index contributed by atoms with van der Waals surface area (Å²) >= 11 is 15.7. The topological polar surface area (TPSA) is 18.5 Å². The van der Waals surface area contributed by atoms with Gasteiger partial charge < -0.3 is 9.47 Å². The summed E-state index contributed by atoms with van der Waals surface area (Å²) in [6.07, 6.45) is 0. The van der Waals surface area contributed by atoms with Crippen molar-refractivity contribution in [1.82, 2.24) is 0 Å². The fourth-order valence-corrected chi connectivity index (χ4v) is 2.75. The lowest BCUT2D eigenvalue weighted by Gasteiger charge is -2.15. The number of ether oxygens (including phenoxy) is 2. The van der Waals surface area contributed by atoms with E-state index in [1.807, 2.05) is 18.2 Å². The first-order valence-electron chi connectivity index (χ1n) is 5.95. The Kier molecular flexibility index (Phi) is 5.58. The van der Waals surface area contributed by atoms with Gasteiger partial charge in [-0.15, -0.1) is 0 Å². The Balaban J connectivity index is 2.27. The molecule has 2 nitrogen and oxygen atoms in total. The van der Waals surface area contributed by atoms with Crippen LogP contribution >= 0.6 is 39.1 Å². The smallest absolute Gasteiger partial charge is 0.165 e. The van der Waals surface area contributed by atoms with Crippen LogP contribution in [0.1, 0.15) is 11.1 Å². The van der Waals surface area contributed by atoms with Crippen LogP contribution in [0, 0.1) is 0 Å². The Morgan fingerprint density at radius 2 is 1.70 bits per heavy atom. The molecule has 106 valence electrons. The van der Waals surface area contributed by atoms with Gasteiger partial charge in [0, 0.05) is 26.5 Å². The number of benzene rings is 2. The molecular formula is C15H13BrCl2O2. The largest absolute Gasteiger partial charge is 0.493 e. The average molecular weight is 376 g/mol. The first kappa shape index (κ1) is 15.5. The second-order valence-corrected chi connectivity index (χ2v) is 5.45.